The van der Waals surface area contributed by atoms with E-state index in [-0.39, 0.29) is 23.3 Å². The molecule has 1 heterocycles. The minimum Gasteiger partial charge on any atom is -0.457 e. The zero-order valence-corrected chi connectivity index (χ0v) is 23.3. The number of esters is 2. The number of unbranched alkanes of at least 4 members (excludes halogenated alkanes) is 2. The maximum absolute atomic E-state index is 13.5. The highest BCUT2D eigenvalue weighted by atomic mass is 16.5. The molecular weight excluding hydrogens is 474 g/mol. The fourth-order valence-corrected chi connectivity index (χ4v) is 5.14. The van der Waals surface area contributed by atoms with Crippen LogP contribution in [0.1, 0.15) is 110 Å². The number of carbonyl (C=O) groups is 2. The van der Waals surface area contributed by atoms with E-state index in [9.17, 15) is 9.59 Å². The summed E-state index contributed by atoms with van der Waals surface area (Å²) in [7, 11) is 0. The minimum absolute atomic E-state index is 0.0121. The van der Waals surface area contributed by atoms with Crippen LogP contribution in [0.3, 0.4) is 0 Å². The first-order valence-corrected chi connectivity index (χ1v) is 13.7. The van der Waals surface area contributed by atoms with Crippen LogP contribution in [0.15, 0.2) is 60.8 Å². The maximum atomic E-state index is 13.5. The smallest absolute Gasteiger partial charge is 0.345 e. The molecule has 0 aliphatic heterocycles. The number of hydrogen-bond acceptors (Lipinski definition) is 5. The van der Waals surface area contributed by atoms with Crippen LogP contribution in [0.5, 0.6) is 5.88 Å². The zero-order chi connectivity index (χ0) is 27.3. The second kappa shape index (κ2) is 11.5. The van der Waals surface area contributed by atoms with Gasteiger partial charge in [-0.1, -0.05) is 83.9 Å². The first-order chi connectivity index (χ1) is 18.1. The Bertz CT molecular complexity index is 1280. The van der Waals surface area contributed by atoms with Gasteiger partial charge in [-0.2, -0.15) is 0 Å². The summed E-state index contributed by atoms with van der Waals surface area (Å²) in [6.07, 6.45) is 7.67. The second-order valence-corrected chi connectivity index (χ2v) is 11.6. The molecular formula is C33H39NO4. The number of fused-ring (bicyclic) bond motifs is 1. The third-order valence-electron chi connectivity index (χ3n) is 7.73. The topological polar surface area (TPSA) is 65.5 Å². The molecule has 0 amide bonds. The lowest BCUT2D eigenvalue weighted by molar-refractivity contribution is 0.0472. The fraction of sp³-hybridized carbons (Fsp3) is 0.424. The van der Waals surface area contributed by atoms with Crippen molar-refractivity contribution in [2.45, 2.75) is 90.6 Å². The Hall–Kier alpha value is -3.47. The molecule has 1 aliphatic rings. The predicted molar refractivity (Wildman–Crippen MR) is 150 cm³/mol. The first-order valence-electron chi connectivity index (χ1n) is 13.7. The molecule has 0 unspecified atom stereocenters. The molecule has 5 nitrogen and oxygen atoms in total. The Morgan fingerprint density at radius 1 is 0.868 bits per heavy atom. The van der Waals surface area contributed by atoms with Crippen LogP contribution < -0.4 is 4.74 Å². The van der Waals surface area contributed by atoms with Crippen molar-refractivity contribution in [1.29, 1.82) is 0 Å². The molecule has 0 N–H and O–H groups in total. The molecule has 0 fully saturated rings. The Balaban J connectivity index is 1.53. The lowest BCUT2D eigenvalue weighted by Crippen LogP contribution is -2.34. The molecule has 0 bridgehead atoms. The van der Waals surface area contributed by atoms with Crippen LogP contribution in [0.25, 0.3) is 0 Å². The van der Waals surface area contributed by atoms with Gasteiger partial charge < -0.3 is 9.47 Å². The fourth-order valence-electron chi connectivity index (χ4n) is 5.14. The lowest BCUT2D eigenvalue weighted by Gasteiger charge is -2.42. The van der Waals surface area contributed by atoms with Gasteiger partial charge in [-0.3, -0.25) is 0 Å². The van der Waals surface area contributed by atoms with Gasteiger partial charge in [0.1, 0.15) is 6.61 Å². The summed E-state index contributed by atoms with van der Waals surface area (Å²) in [6.45, 7) is 11.5. The molecule has 1 aromatic heterocycles. The Labute approximate surface area is 226 Å². The van der Waals surface area contributed by atoms with E-state index in [1.165, 1.54) is 17.3 Å². The first kappa shape index (κ1) is 27.6. The van der Waals surface area contributed by atoms with E-state index >= 15 is 0 Å². The van der Waals surface area contributed by atoms with E-state index in [1.807, 2.05) is 30.3 Å². The van der Waals surface area contributed by atoms with Crippen molar-refractivity contribution in [2.24, 2.45) is 0 Å². The predicted octanol–water partition coefficient (Wildman–Crippen LogP) is 7.74. The Morgan fingerprint density at radius 2 is 1.55 bits per heavy atom. The van der Waals surface area contributed by atoms with Crippen molar-refractivity contribution in [3.05, 3.63) is 94.2 Å². The number of rotatable bonds is 9. The quantitative estimate of drug-likeness (QED) is 0.216. The largest absolute Gasteiger partial charge is 0.457 e. The zero-order valence-electron chi connectivity index (χ0n) is 23.3. The molecule has 0 saturated heterocycles. The molecule has 0 spiro atoms. The molecule has 0 atom stereocenters. The van der Waals surface area contributed by atoms with E-state index in [4.69, 9.17) is 9.47 Å². The van der Waals surface area contributed by atoms with Gasteiger partial charge in [-0.05, 0) is 70.9 Å². The number of hydrogen-bond donors (Lipinski definition) is 0. The summed E-state index contributed by atoms with van der Waals surface area (Å²) < 4.78 is 11.1. The molecule has 5 heteroatoms. The molecule has 4 rings (SSSR count). The number of aromatic nitrogens is 1. The summed E-state index contributed by atoms with van der Waals surface area (Å²) in [5, 5.41) is 0. The summed E-state index contributed by atoms with van der Waals surface area (Å²) in [4.78, 5) is 30.1. The normalized spacial score (nSPS) is 15.4. The molecule has 3 aromatic rings. The van der Waals surface area contributed by atoms with E-state index in [0.29, 0.717) is 11.1 Å². The Morgan fingerprint density at radius 3 is 2.18 bits per heavy atom. The van der Waals surface area contributed by atoms with Crippen LogP contribution in [0.4, 0.5) is 0 Å². The molecule has 200 valence electrons. The number of benzene rings is 2. The highest BCUT2D eigenvalue weighted by Gasteiger charge is 2.38. The number of ether oxygens (including phenoxy) is 2. The van der Waals surface area contributed by atoms with Crippen LogP contribution in [0.2, 0.25) is 0 Å². The van der Waals surface area contributed by atoms with Gasteiger partial charge in [0.15, 0.2) is 0 Å². The summed E-state index contributed by atoms with van der Waals surface area (Å²) in [5.41, 5.74) is 5.48. The lowest BCUT2D eigenvalue weighted by atomic mass is 9.62. The van der Waals surface area contributed by atoms with Crippen molar-refractivity contribution >= 4 is 11.9 Å². The van der Waals surface area contributed by atoms with Crippen LogP contribution in [-0.4, -0.2) is 16.9 Å². The standard InChI is InChI=1S/C33H39NO4/c1-6-7-9-14-24-19-27-28(33(4,5)18-17-32(27,2)3)20-26(24)31(36)38-29-16-15-25(21-34-29)30(35)37-22-23-12-10-8-11-13-23/h8,10-13,15-16,19-21H,6-7,9,14,17-18,22H2,1-5H3. The average Bonchev–Trinajstić information content (AvgIpc) is 2.91. The van der Waals surface area contributed by atoms with Gasteiger partial charge >= 0.3 is 11.9 Å². The number of aryl methyl sites for hydroxylation is 1. The van der Waals surface area contributed by atoms with Crippen molar-refractivity contribution in [2.75, 3.05) is 0 Å². The monoisotopic (exact) mass is 513 g/mol. The van der Waals surface area contributed by atoms with Crippen molar-refractivity contribution in [3.63, 3.8) is 0 Å². The summed E-state index contributed by atoms with van der Waals surface area (Å²) in [5.74, 6) is -0.728. The highest BCUT2D eigenvalue weighted by molar-refractivity contribution is 5.93. The van der Waals surface area contributed by atoms with Crippen LogP contribution >= 0.6 is 0 Å². The van der Waals surface area contributed by atoms with E-state index in [0.717, 1.165) is 49.7 Å². The van der Waals surface area contributed by atoms with Crippen LogP contribution in [-0.2, 0) is 28.6 Å². The molecule has 38 heavy (non-hydrogen) atoms. The van der Waals surface area contributed by atoms with E-state index in [2.05, 4.69) is 51.7 Å². The average molecular weight is 514 g/mol. The highest BCUT2D eigenvalue weighted by Crippen LogP contribution is 2.46. The van der Waals surface area contributed by atoms with Crippen molar-refractivity contribution < 1.29 is 19.1 Å². The van der Waals surface area contributed by atoms with Crippen molar-refractivity contribution in [3.8, 4) is 5.88 Å². The third-order valence-corrected chi connectivity index (χ3v) is 7.73. The SMILES string of the molecule is CCCCCc1cc2c(cc1C(=O)Oc1ccc(C(=O)OCc3ccccc3)cn1)C(C)(C)CCC2(C)C. The number of pyridine rings is 1. The van der Waals surface area contributed by atoms with Gasteiger partial charge in [0, 0.05) is 12.3 Å². The van der Waals surface area contributed by atoms with E-state index in [1.54, 1.807) is 12.1 Å². The molecule has 1 aliphatic carbocycles. The maximum Gasteiger partial charge on any atom is 0.345 e. The Kier molecular flexibility index (Phi) is 8.35. The molecule has 0 radical (unpaired) electrons. The minimum atomic E-state index is -0.475. The van der Waals surface area contributed by atoms with Crippen LogP contribution in [0, 0.1) is 0 Å². The number of nitrogens with zero attached hydrogens (tertiary/aromatic N) is 1. The third kappa shape index (κ3) is 6.32. The summed E-state index contributed by atoms with van der Waals surface area (Å²) in [6, 6.07) is 16.9. The van der Waals surface area contributed by atoms with Gasteiger partial charge in [0.2, 0.25) is 5.88 Å². The van der Waals surface area contributed by atoms with Gasteiger partial charge in [-0.15, -0.1) is 0 Å². The van der Waals surface area contributed by atoms with Crippen molar-refractivity contribution in [1.82, 2.24) is 4.98 Å². The summed E-state index contributed by atoms with van der Waals surface area (Å²) >= 11 is 0. The number of carbonyl (C=O) groups excluding carboxylic acids is 2. The van der Waals surface area contributed by atoms with Gasteiger partial charge in [0.05, 0.1) is 11.1 Å². The molecule has 0 saturated carbocycles. The van der Waals surface area contributed by atoms with Gasteiger partial charge in [0.25, 0.3) is 0 Å². The van der Waals surface area contributed by atoms with Gasteiger partial charge in [-0.25, -0.2) is 14.6 Å². The van der Waals surface area contributed by atoms with E-state index < -0.39 is 11.9 Å². The molecule has 2 aromatic carbocycles. The second-order valence-electron chi connectivity index (χ2n) is 11.6.